The van der Waals surface area contributed by atoms with E-state index in [0.717, 1.165) is 17.1 Å². The van der Waals surface area contributed by atoms with Crippen LogP contribution in [0.4, 0.5) is 20.7 Å². The summed E-state index contributed by atoms with van der Waals surface area (Å²) in [5, 5.41) is 12.1. The van der Waals surface area contributed by atoms with Crippen LogP contribution in [0.1, 0.15) is 5.56 Å². The number of hydrogen-bond acceptors (Lipinski definition) is 4. The quantitative estimate of drug-likeness (QED) is 0.666. The van der Waals surface area contributed by atoms with E-state index in [-0.39, 0.29) is 11.8 Å². The molecule has 0 unspecified atom stereocenters. The van der Waals surface area contributed by atoms with Crippen LogP contribution in [0.25, 0.3) is 11.3 Å². The number of carbonyl (C=O) groups is 1. The van der Waals surface area contributed by atoms with Gasteiger partial charge in [-0.25, -0.2) is 9.18 Å². The highest BCUT2D eigenvalue weighted by Crippen LogP contribution is 2.21. The van der Waals surface area contributed by atoms with Crippen LogP contribution in [-0.4, -0.2) is 47.3 Å². The fourth-order valence-electron chi connectivity index (χ4n) is 3.28. The summed E-state index contributed by atoms with van der Waals surface area (Å²) in [6, 6.07) is 15.8. The predicted molar refractivity (Wildman–Crippen MR) is 116 cm³/mol. The second-order valence-electron chi connectivity index (χ2n) is 7.15. The van der Waals surface area contributed by atoms with E-state index in [2.05, 4.69) is 20.4 Å². The number of carbonyl (C=O) groups excluding carboxylic acids is 1. The molecule has 4 rings (SSSR count). The van der Waals surface area contributed by atoms with Crippen LogP contribution in [0.2, 0.25) is 5.02 Å². The fourth-order valence-corrected chi connectivity index (χ4v) is 3.41. The van der Waals surface area contributed by atoms with E-state index in [1.807, 2.05) is 36.4 Å². The summed E-state index contributed by atoms with van der Waals surface area (Å²) in [7, 11) is 0. The van der Waals surface area contributed by atoms with Crippen LogP contribution in [0.3, 0.4) is 0 Å². The van der Waals surface area contributed by atoms with Gasteiger partial charge >= 0.3 is 6.03 Å². The molecule has 3 aromatic rings. The first-order chi connectivity index (χ1) is 14.5. The lowest BCUT2D eigenvalue weighted by molar-refractivity contribution is 0.208. The summed E-state index contributed by atoms with van der Waals surface area (Å²) in [5.41, 5.74) is 2.73. The Labute approximate surface area is 179 Å². The minimum Gasteiger partial charge on any atom is -0.352 e. The molecule has 6 nitrogen and oxygen atoms in total. The maximum atomic E-state index is 13.7. The highest BCUT2D eigenvalue weighted by Gasteiger charge is 2.22. The lowest BCUT2D eigenvalue weighted by atomic mass is 10.1. The van der Waals surface area contributed by atoms with Crippen molar-refractivity contribution in [1.29, 1.82) is 0 Å². The first-order valence-corrected chi connectivity index (χ1v) is 10.0. The Hall–Kier alpha value is -3.19. The van der Waals surface area contributed by atoms with Gasteiger partial charge < -0.3 is 15.1 Å². The van der Waals surface area contributed by atoms with Crippen LogP contribution >= 0.6 is 11.6 Å². The van der Waals surface area contributed by atoms with Gasteiger partial charge in [0.05, 0.1) is 5.69 Å². The molecule has 0 saturated carbocycles. The van der Waals surface area contributed by atoms with Gasteiger partial charge in [-0.15, -0.1) is 10.2 Å². The van der Waals surface area contributed by atoms with Gasteiger partial charge in [-0.2, -0.15) is 0 Å². The number of aromatic nitrogens is 2. The zero-order chi connectivity index (χ0) is 21.1. The Morgan fingerprint density at radius 2 is 1.73 bits per heavy atom. The van der Waals surface area contributed by atoms with Crippen molar-refractivity contribution < 1.29 is 9.18 Å². The topological polar surface area (TPSA) is 61.4 Å². The van der Waals surface area contributed by atoms with E-state index in [0.29, 0.717) is 42.5 Å². The molecular formula is C22H21ClFN5O. The van der Waals surface area contributed by atoms with Crippen molar-refractivity contribution in [2.45, 2.75) is 6.92 Å². The predicted octanol–water partition coefficient (Wildman–Crippen LogP) is 4.60. The smallest absolute Gasteiger partial charge is 0.321 e. The Kier molecular flexibility index (Phi) is 5.81. The number of benzene rings is 2. The van der Waals surface area contributed by atoms with Crippen molar-refractivity contribution in [2.24, 2.45) is 0 Å². The van der Waals surface area contributed by atoms with Crippen molar-refractivity contribution in [2.75, 3.05) is 36.4 Å². The van der Waals surface area contributed by atoms with E-state index in [4.69, 9.17) is 11.6 Å². The zero-order valence-corrected chi connectivity index (χ0v) is 17.2. The monoisotopic (exact) mass is 425 g/mol. The van der Waals surface area contributed by atoms with Gasteiger partial charge in [0.2, 0.25) is 0 Å². The fraction of sp³-hybridized carbons (Fsp3) is 0.227. The second-order valence-corrected chi connectivity index (χ2v) is 7.59. The number of nitrogens with one attached hydrogen (secondary N) is 1. The van der Waals surface area contributed by atoms with E-state index in [1.54, 1.807) is 24.0 Å². The van der Waals surface area contributed by atoms with Gasteiger partial charge in [-0.05, 0) is 48.9 Å². The van der Waals surface area contributed by atoms with E-state index >= 15 is 0 Å². The first kappa shape index (κ1) is 20.1. The van der Waals surface area contributed by atoms with Gasteiger partial charge in [0.1, 0.15) is 5.82 Å². The highest BCUT2D eigenvalue weighted by atomic mass is 35.5. The molecule has 0 aliphatic carbocycles. The molecule has 1 saturated heterocycles. The molecule has 154 valence electrons. The van der Waals surface area contributed by atoms with Gasteiger partial charge in [0.25, 0.3) is 0 Å². The average Bonchev–Trinajstić information content (AvgIpc) is 2.77. The number of rotatable bonds is 3. The largest absolute Gasteiger partial charge is 0.352 e. The third-order valence-electron chi connectivity index (χ3n) is 5.10. The van der Waals surface area contributed by atoms with Gasteiger partial charge in [-0.3, -0.25) is 0 Å². The minimum atomic E-state index is -0.335. The Morgan fingerprint density at radius 1 is 1.00 bits per heavy atom. The second kappa shape index (κ2) is 8.67. The maximum absolute atomic E-state index is 13.7. The molecule has 1 N–H and O–H groups in total. The molecule has 1 aliphatic heterocycles. The normalized spacial score (nSPS) is 14.0. The summed E-state index contributed by atoms with van der Waals surface area (Å²) in [6.45, 7) is 4.06. The van der Waals surface area contributed by atoms with Crippen LogP contribution in [-0.2, 0) is 0 Å². The van der Waals surface area contributed by atoms with Crippen molar-refractivity contribution in [1.82, 2.24) is 15.1 Å². The maximum Gasteiger partial charge on any atom is 0.321 e. The van der Waals surface area contributed by atoms with E-state index in [9.17, 15) is 9.18 Å². The number of halogens is 2. The molecule has 1 fully saturated rings. The summed E-state index contributed by atoms with van der Waals surface area (Å²) < 4.78 is 13.7. The summed E-state index contributed by atoms with van der Waals surface area (Å²) in [5.74, 6) is 0.437. The standard InChI is InChI=1S/C22H21ClFN5O/c1-15-2-7-18(14-19(15)24)25-22(30)29-12-10-28(11-13-29)21-9-8-20(26-27-21)16-3-5-17(23)6-4-16/h2-9,14H,10-13H2,1H3,(H,25,30). The molecule has 0 bridgehead atoms. The third kappa shape index (κ3) is 4.52. The molecule has 1 aromatic heterocycles. The van der Waals surface area contributed by atoms with Crippen molar-refractivity contribution in [3.05, 3.63) is 71.0 Å². The van der Waals surface area contributed by atoms with Crippen LogP contribution in [0.15, 0.2) is 54.6 Å². The molecule has 2 amide bonds. The molecule has 0 spiro atoms. The molecule has 30 heavy (non-hydrogen) atoms. The van der Waals surface area contributed by atoms with Crippen molar-refractivity contribution >= 4 is 29.1 Å². The van der Waals surface area contributed by atoms with E-state index in [1.165, 1.54) is 6.07 Å². The molecule has 0 radical (unpaired) electrons. The van der Waals surface area contributed by atoms with Crippen molar-refractivity contribution in [3.63, 3.8) is 0 Å². The van der Waals surface area contributed by atoms with Crippen LogP contribution in [0.5, 0.6) is 0 Å². The third-order valence-corrected chi connectivity index (χ3v) is 5.36. The Balaban J connectivity index is 1.34. The first-order valence-electron chi connectivity index (χ1n) is 9.66. The van der Waals surface area contributed by atoms with Crippen LogP contribution < -0.4 is 10.2 Å². The number of nitrogens with zero attached hydrogens (tertiary/aromatic N) is 4. The number of urea groups is 1. The molecule has 2 aromatic carbocycles. The number of anilines is 2. The number of hydrogen-bond donors (Lipinski definition) is 1. The SMILES string of the molecule is Cc1ccc(NC(=O)N2CCN(c3ccc(-c4ccc(Cl)cc4)nn3)CC2)cc1F. The molecule has 1 aliphatic rings. The molecule has 8 heteroatoms. The summed E-state index contributed by atoms with van der Waals surface area (Å²) in [6.07, 6.45) is 0. The van der Waals surface area contributed by atoms with Crippen molar-refractivity contribution in [3.8, 4) is 11.3 Å². The van der Waals surface area contributed by atoms with Gasteiger partial charge in [-0.1, -0.05) is 29.8 Å². The van der Waals surface area contributed by atoms with Crippen LogP contribution in [0, 0.1) is 12.7 Å². The Bertz CT molecular complexity index is 1030. The van der Waals surface area contributed by atoms with E-state index < -0.39 is 0 Å². The zero-order valence-electron chi connectivity index (χ0n) is 16.5. The number of amides is 2. The lowest BCUT2D eigenvalue weighted by Crippen LogP contribution is -2.50. The number of aryl methyl sites for hydroxylation is 1. The minimum absolute atomic E-state index is 0.234. The van der Waals surface area contributed by atoms with Gasteiger partial charge in [0.15, 0.2) is 5.82 Å². The highest BCUT2D eigenvalue weighted by molar-refractivity contribution is 6.30. The molecule has 0 atom stereocenters. The Morgan fingerprint density at radius 3 is 2.37 bits per heavy atom. The van der Waals surface area contributed by atoms with Gasteiger partial charge in [0, 0.05) is 42.5 Å². The molecular weight excluding hydrogens is 405 g/mol. The summed E-state index contributed by atoms with van der Waals surface area (Å²) >= 11 is 5.93. The molecule has 2 heterocycles. The number of piperazine rings is 1. The summed E-state index contributed by atoms with van der Waals surface area (Å²) in [4.78, 5) is 16.3. The average molecular weight is 426 g/mol. The lowest BCUT2D eigenvalue weighted by Gasteiger charge is -2.35.